The fourth-order valence-electron chi connectivity index (χ4n) is 2.07. The molecule has 0 saturated heterocycles. The number of allylic oxidation sites excluding steroid dienone is 1. The van der Waals surface area contributed by atoms with Gasteiger partial charge in [0.25, 0.3) is 0 Å². The Hall–Kier alpha value is -1.08. The summed E-state index contributed by atoms with van der Waals surface area (Å²) in [5.74, 6) is 0.427. The van der Waals surface area contributed by atoms with E-state index in [1.165, 1.54) is 5.56 Å². The van der Waals surface area contributed by atoms with Crippen molar-refractivity contribution in [2.45, 2.75) is 37.2 Å². The summed E-state index contributed by atoms with van der Waals surface area (Å²) in [7, 11) is 0. The van der Waals surface area contributed by atoms with E-state index in [9.17, 15) is 5.11 Å². The largest absolute Gasteiger partial charge is 0.390 e. The molecule has 0 bridgehead atoms. The summed E-state index contributed by atoms with van der Waals surface area (Å²) < 4.78 is 0. The molecule has 0 amide bonds. The zero-order valence-corrected chi connectivity index (χ0v) is 9.02. The highest BCUT2D eigenvalue weighted by molar-refractivity contribution is 5.21. The maximum atomic E-state index is 9.95. The SMILES string of the molecule is C=CCC(CC1(O)CC1)c1ccccc1. The van der Waals surface area contributed by atoms with Crippen LogP contribution in [-0.4, -0.2) is 10.7 Å². The van der Waals surface area contributed by atoms with Crippen LogP contribution in [0.15, 0.2) is 43.0 Å². The number of aliphatic hydroxyl groups is 1. The van der Waals surface area contributed by atoms with Gasteiger partial charge in [-0.05, 0) is 37.2 Å². The summed E-state index contributed by atoms with van der Waals surface area (Å²) in [6.45, 7) is 3.79. The van der Waals surface area contributed by atoms with E-state index in [2.05, 4.69) is 30.8 Å². The van der Waals surface area contributed by atoms with Gasteiger partial charge in [-0.1, -0.05) is 36.4 Å². The molecule has 1 heteroatoms. The normalized spacial score (nSPS) is 19.5. The Morgan fingerprint density at radius 1 is 1.33 bits per heavy atom. The molecule has 2 rings (SSSR count). The Balaban J connectivity index is 2.08. The minimum Gasteiger partial charge on any atom is -0.390 e. The summed E-state index contributed by atoms with van der Waals surface area (Å²) >= 11 is 0. The summed E-state index contributed by atoms with van der Waals surface area (Å²) in [6.07, 6.45) is 5.71. The maximum absolute atomic E-state index is 9.95. The molecule has 1 nitrogen and oxygen atoms in total. The Morgan fingerprint density at radius 3 is 2.53 bits per heavy atom. The van der Waals surface area contributed by atoms with E-state index in [1.807, 2.05) is 12.1 Å². The molecular weight excluding hydrogens is 184 g/mol. The summed E-state index contributed by atoms with van der Waals surface area (Å²) in [5.41, 5.74) is 0.946. The predicted molar refractivity (Wildman–Crippen MR) is 62.8 cm³/mol. The van der Waals surface area contributed by atoms with Crippen LogP contribution in [0.5, 0.6) is 0 Å². The third-order valence-corrected chi connectivity index (χ3v) is 3.18. The molecule has 1 aliphatic carbocycles. The minimum atomic E-state index is -0.372. The lowest BCUT2D eigenvalue weighted by Gasteiger charge is -2.18. The fourth-order valence-corrected chi connectivity index (χ4v) is 2.07. The molecule has 1 aromatic carbocycles. The lowest BCUT2D eigenvalue weighted by molar-refractivity contribution is 0.131. The van der Waals surface area contributed by atoms with Crippen molar-refractivity contribution in [3.05, 3.63) is 48.6 Å². The predicted octanol–water partition coefficient (Wildman–Crippen LogP) is 3.26. The molecule has 0 radical (unpaired) electrons. The molecule has 1 fully saturated rings. The van der Waals surface area contributed by atoms with E-state index in [1.54, 1.807) is 0 Å². The van der Waals surface area contributed by atoms with E-state index in [4.69, 9.17) is 0 Å². The molecule has 1 aliphatic rings. The highest BCUT2D eigenvalue weighted by atomic mass is 16.3. The molecule has 1 N–H and O–H groups in total. The first-order valence-corrected chi connectivity index (χ1v) is 5.62. The molecule has 1 saturated carbocycles. The Morgan fingerprint density at radius 2 is 2.00 bits per heavy atom. The van der Waals surface area contributed by atoms with Crippen LogP contribution < -0.4 is 0 Å². The van der Waals surface area contributed by atoms with Gasteiger partial charge in [0.1, 0.15) is 0 Å². The molecule has 80 valence electrons. The minimum absolute atomic E-state index is 0.372. The first kappa shape index (κ1) is 10.4. The number of hydrogen-bond acceptors (Lipinski definition) is 1. The second-order valence-corrected chi connectivity index (χ2v) is 4.56. The summed E-state index contributed by atoms with van der Waals surface area (Å²) in [6, 6.07) is 10.4. The van der Waals surface area contributed by atoms with E-state index in [0.29, 0.717) is 5.92 Å². The monoisotopic (exact) mass is 202 g/mol. The Bertz CT molecular complexity index is 324. The molecule has 1 atom stereocenters. The van der Waals surface area contributed by atoms with Gasteiger partial charge in [0.15, 0.2) is 0 Å². The van der Waals surface area contributed by atoms with Gasteiger partial charge in [-0.3, -0.25) is 0 Å². The third kappa shape index (κ3) is 2.69. The topological polar surface area (TPSA) is 20.2 Å². The zero-order valence-electron chi connectivity index (χ0n) is 9.02. The smallest absolute Gasteiger partial charge is 0.0655 e. The number of benzene rings is 1. The maximum Gasteiger partial charge on any atom is 0.0655 e. The number of hydrogen-bond donors (Lipinski definition) is 1. The van der Waals surface area contributed by atoms with Crippen molar-refractivity contribution in [3.63, 3.8) is 0 Å². The van der Waals surface area contributed by atoms with Gasteiger partial charge < -0.3 is 5.11 Å². The lowest BCUT2D eigenvalue weighted by Crippen LogP contribution is -2.12. The van der Waals surface area contributed by atoms with Crippen molar-refractivity contribution < 1.29 is 5.11 Å². The van der Waals surface area contributed by atoms with Crippen molar-refractivity contribution >= 4 is 0 Å². The highest BCUT2D eigenvalue weighted by Crippen LogP contribution is 2.44. The van der Waals surface area contributed by atoms with Gasteiger partial charge in [-0.25, -0.2) is 0 Å². The van der Waals surface area contributed by atoms with Crippen LogP contribution in [0.1, 0.15) is 37.2 Å². The number of rotatable bonds is 5. The second-order valence-electron chi connectivity index (χ2n) is 4.56. The van der Waals surface area contributed by atoms with Crippen LogP contribution >= 0.6 is 0 Å². The van der Waals surface area contributed by atoms with Gasteiger partial charge in [-0.2, -0.15) is 0 Å². The summed E-state index contributed by atoms with van der Waals surface area (Å²) in [5, 5.41) is 9.95. The molecule has 0 spiro atoms. The molecule has 1 aromatic rings. The average molecular weight is 202 g/mol. The van der Waals surface area contributed by atoms with Crippen molar-refractivity contribution in [2.75, 3.05) is 0 Å². The molecule has 0 heterocycles. The molecule has 0 aliphatic heterocycles. The van der Waals surface area contributed by atoms with Crippen LogP contribution in [0, 0.1) is 0 Å². The van der Waals surface area contributed by atoms with E-state index in [-0.39, 0.29) is 5.60 Å². The van der Waals surface area contributed by atoms with Crippen LogP contribution in [0.4, 0.5) is 0 Å². The van der Waals surface area contributed by atoms with Gasteiger partial charge in [0.2, 0.25) is 0 Å². The van der Waals surface area contributed by atoms with Crippen molar-refractivity contribution in [1.82, 2.24) is 0 Å². The zero-order chi connectivity index (χ0) is 10.7. The average Bonchev–Trinajstić information content (AvgIpc) is 2.97. The molecule has 0 aromatic heterocycles. The molecular formula is C14H18O. The van der Waals surface area contributed by atoms with Gasteiger partial charge >= 0.3 is 0 Å². The quantitative estimate of drug-likeness (QED) is 0.727. The molecule has 15 heavy (non-hydrogen) atoms. The molecule has 1 unspecified atom stereocenters. The van der Waals surface area contributed by atoms with Gasteiger partial charge in [0.05, 0.1) is 5.60 Å². The van der Waals surface area contributed by atoms with Gasteiger partial charge in [0, 0.05) is 0 Å². The van der Waals surface area contributed by atoms with Crippen LogP contribution in [-0.2, 0) is 0 Å². The fraction of sp³-hybridized carbons (Fsp3) is 0.429. The summed E-state index contributed by atoms with van der Waals surface area (Å²) in [4.78, 5) is 0. The second kappa shape index (κ2) is 4.19. The van der Waals surface area contributed by atoms with Crippen LogP contribution in [0.25, 0.3) is 0 Å². The van der Waals surface area contributed by atoms with Gasteiger partial charge in [-0.15, -0.1) is 6.58 Å². The lowest BCUT2D eigenvalue weighted by atomic mass is 9.89. The van der Waals surface area contributed by atoms with Crippen molar-refractivity contribution in [2.24, 2.45) is 0 Å². The standard InChI is InChI=1S/C14H18O/c1-2-6-13(11-14(15)9-10-14)12-7-4-3-5-8-12/h2-5,7-8,13,15H,1,6,9-11H2. The van der Waals surface area contributed by atoms with E-state index in [0.717, 1.165) is 25.7 Å². The first-order chi connectivity index (χ1) is 7.23. The first-order valence-electron chi connectivity index (χ1n) is 5.62. The Labute approximate surface area is 91.4 Å². The van der Waals surface area contributed by atoms with Crippen LogP contribution in [0.3, 0.4) is 0 Å². The highest BCUT2D eigenvalue weighted by Gasteiger charge is 2.41. The van der Waals surface area contributed by atoms with E-state index < -0.39 is 0 Å². The van der Waals surface area contributed by atoms with Crippen molar-refractivity contribution in [1.29, 1.82) is 0 Å². The van der Waals surface area contributed by atoms with E-state index >= 15 is 0 Å². The van der Waals surface area contributed by atoms with Crippen molar-refractivity contribution in [3.8, 4) is 0 Å². The van der Waals surface area contributed by atoms with Crippen LogP contribution in [0.2, 0.25) is 0 Å². The third-order valence-electron chi connectivity index (χ3n) is 3.18. The Kier molecular flexibility index (Phi) is 2.92.